The maximum absolute atomic E-state index is 12.8. The molecule has 1 amide bonds. The molecule has 132 valence electrons. The number of hydrogen-bond donors (Lipinski definition) is 0. The Morgan fingerprint density at radius 2 is 1.52 bits per heavy atom. The molecule has 4 aromatic rings. The average Bonchev–Trinajstić information content (AvgIpc) is 2.71. The van der Waals surface area contributed by atoms with E-state index in [4.69, 9.17) is 4.98 Å². The van der Waals surface area contributed by atoms with Crippen molar-refractivity contribution in [3.05, 3.63) is 60.4 Å². The van der Waals surface area contributed by atoms with Gasteiger partial charge in [0.2, 0.25) is 0 Å². The van der Waals surface area contributed by atoms with Gasteiger partial charge in [0, 0.05) is 45.8 Å². The Balaban J connectivity index is 1.81. The largest absolute Gasteiger partial charge is 0.343 e. The highest BCUT2D eigenvalue weighted by molar-refractivity contribution is 8.05. The number of carbonyl (C=O) groups is 1. The molecule has 1 aliphatic rings. The lowest BCUT2D eigenvalue weighted by Gasteiger charge is -2.23. The van der Waals surface area contributed by atoms with Gasteiger partial charge < -0.3 is 4.90 Å². The number of nitrogens with zero attached hydrogens (tertiary/aromatic N) is 3. The van der Waals surface area contributed by atoms with Gasteiger partial charge >= 0.3 is 0 Å². The number of hydrogen-bond acceptors (Lipinski definition) is 5. The summed E-state index contributed by atoms with van der Waals surface area (Å²) in [5.74, 6) is -0.0812. The average molecular weight is 390 g/mol. The fraction of sp³-hybridized carbons (Fsp3) is 0.0952. The molecule has 1 aliphatic heterocycles. The number of carbonyl (C=O) groups excluding carboxylic acids is 1. The number of pyridine rings is 2. The van der Waals surface area contributed by atoms with E-state index in [1.54, 1.807) is 42.5 Å². The fourth-order valence-corrected chi connectivity index (χ4v) is 5.78. The normalized spacial score (nSPS) is 12.7. The van der Waals surface area contributed by atoms with Gasteiger partial charge in [-0.05, 0) is 12.1 Å². The van der Waals surface area contributed by atoms with Crippen LogP contribution < -0.4 is 0 Å². The summed E-state index contributed by atoms with van der Waals surface area (Å²) in [5, 5.41) is 2.21. The lowest BCUT2D eigenvalue weighted by Crippen LogP contribution is -2.24. The predicted molar refractivity (Wildman–Crippen MR) is 110 cm³/mol. The van der Waals surface area contributed by atoms with Crippen LogP contribution in [0.25, 0.3) is 21.8 Å². The predicted octanol–water partition coefficient (Wildman–Crippen LogP) is 5.10. The van der Waals surface area contributed by atoms with Crippen LogP contribution in [0.5, 0.6) is 0 Å². The summed E-state index contributed by atoms with van der Waals surface area (Å²) in [6, 6.07) is 16.2. The molecule has 0 fully saturated rings. The number of fused-ring (bicyclic) bond motifs is 6. The summed E-state index contributed by atoms with van der Waals surface area (Å²) in [6.07, 6.45) is 1.90. The zero-order valence-corrected chi connectivity index (χ0v) is 16.4. The summed E-state index contributed by atoms with van der Waals surface area (Å²) in [4.78, 5) is 28.0. The molecule has 0 unspecified atom stereocenters. The fourth-order valence-electron chi connectivity index (χ4n) is 3.20. The van der Waals surface area contributed by atoms with Crippen molar-refractivity contribution >= 4 is 51.2 Å². The second-order valence-electron chi connectivity index (χ2n) is 6.51. The van der Waals surface area contributed by atoms with Crippen LogP contribution in [0.2, 0.25) is 0 Å². The van der Waals surface area contributed by atoms with Crippen molar-refractivity contribution < 1.29 is 4.79 Å². The minimum Gasteiger partial charge on any atom is -0.343 e. The summed E-state index contributed by atoms with van der Waals surface area (Å²) >= 11 is 3.30. The van der Waals surface area contributed by atoms with Gasteiger partial charge in [-0.1, -0.05) is 59.9 Å². The van der Waals surface area contributed by atoms with E-state index in [2.05, 4.69) is 17.1 Å². The zero-order chi connectivity index (χ0) is 18.5. The first-order valence-electron chi connectivity index (χ1n) is 8.51. The zero-order valence-electron chi connectivity index (χ0n) is 14.8. The molecule has 3 heterocycles. The van der Waals surface area contributed by atoms with Gasteiger partial charge in [-0.2, -0.15) is 0 Å². The molecule has 0 radical (unpaired) electrons. The molecule has 4 nitrogen and oxygen atoms in total. The van der Waals surface area contributed by atoms with Gasteiger partial charge in [-0.3, -0.25) is 9.78 Å². The van der Waals surface area contributed by atoms with Gasteiger partial charge in [0.15, 0.2) is 0 Å². The van der Waals surface area contributed by atoms with Gasteiger partial charge in [0.05, 0.1) is 15.9 Å². The SMILES string of the molecule is CN(C)C(=O)c1nc2ccccc2c2c1Sc1cnc3ccccc3c1S2. The summed E-state index contributed by atoms with van der Waals surface area (Å²) in [7, 11) is 3.52. The van der Waals surface area contributed by atoms with Crippen LogP contribution >= 0.6 is 23.5 Å². The van der Waals surface area contributed by atoms with Crippen molar-refractivity contribution in [3.63, 3.8) is 0 Å². The lowest BCUT2D eigenvalue weighted by molar-refractivity contribution is 0.0818. The third kappa shape index (κ3) is 2.59. The molecule has 0 spiro atoms. The van der Waals surface area contributed by atoms with Gasteiger partial charge in [-0.15, -0.1) is 0 Å². The Hall–Kier alpha value is -2.57. The van der Waals surface area contributed by atoms with E-state index in [1.165, 1.54) is 4.90 Å². The Morgan fingerprint density at radius 1 is 0.852 bits per heavy atom. The summed E-state index contributed by atoms with van der Waals surface area (Å²) in [6.45, 7) is 0. The Kier molecular flexibility index (Phi) is 3.84. The van der Waals surface area contributed by atoms with Gasteiger partial charge in [-0.25, -0.2) is 4.98 Å². The van der Waals surface area contributed by atoms with E-state index in [0.717, 1.165) is 36.5 Å². The minimum atomic E-state index is -0.0812. The maximum atomic E-state index is 12.8. The molecule has 0 N–H and O–H groups in total. The Morgan fingerprint density at radius 3 is 2.26 bits per heavy atom. The van der Waals surface area contributed by atoms with Crippen molar-refractivity contribution in [2.75, 3.05) is 14.1 Å². The van der Waals surface area contributed by atoms with Crippen molar-refractivity contribution in [1.29, 1.82) is 0 Å². The molecule has 27 heavy (non-hydrogen) atoms. The molecule has 0 atom stereocenters. The monoisotopic (exact) mass is 389 g/mol. The third-order valence-electron chi connectivity index (χ3n) is 4.52. The van der Waals surface area contributed by atoms with Crippen molar-refractivity contribution in [3.8, 4) is 0 Å². The molecule has 2 aromatic carbocycles. The molecular weight excluding hydrogens is 374 g/mol. The number of aromatic nitrogens is 2. The highest BCUT2D eigenvalue weighted by Gasteiger charge is 2.28. The van der Waals surface area contributed by atoms with E-state index in [-0.39, 0.29) is 5.91 Å². The quantitative estimate of drug-likeness (QED) is 0.399. The number of benzene rings is 2. The number of para-hydroxylation sites is 2. The first-order valence-corrected chi connectivity index (χ1v) is 10.1. The minimum absolute atomic E-state index is 0.0812. The molecule has 2 aromatic heterocycles. The molecule has 0 saturated carbocycles. The molecule has 0 bridgehead atoms. The Labute approximate surface area is 165 Å². The van der Waals surface area contributed by atoms with Crippen molar-refractivity contribution in [2.45, 2.75) is 19.6 Å². The topological polar surface area (TPSA) is 46.1 Å². The second kappa shape index (κ2) is 6.25. The van der Waals surface area contributed by atoms with Gasteiger partial charge in [0.1, 0.15) is 5.69 Å². The van der Waals surface area contributed by atoms with E-state index in [9.17, 15) is 4.79 Å². The van der Waals surface area contributed by atoms with Gasteiger partial charge in [0.25, 0.3) is 5.91 Å². The second-order valence-corrected chi connectivity index (χ2v) is 8.58. The maximum Gasteiger partial charge on any atom is 0.273 e. The van der Waals surface area contributed by atoms with Crippen LogP contribution in [0, 0.1) is 0 Å². The van der Waals surface area contributed by atoms with E-state index >= 15 is 0 Å². The van der Waals surface area contributed by atoms with Crippen LogP contribution in [0.3, 0.4) is 0 Å². The van der Waals surface area contributed by atoms with Crippen LogP contribution in [0.4, 0.5) is 0 Å². The van der Waals surface area contributed by atoms with Crippen LogP contribution in [0.15, 0.2) is 74.3 Å². The van der Waals surface area contributed by atoms with E-state index < -0.39 is 0 Å². The first-order chi connectivity index (χ1) is 13.1. The first kappa shape index (κ1) is 16.6. The highest BCUT2D eigenvalue weighted by atomic mass is 32.2. The van der Waals surface area contributed by atoms with Crippen LogP contribution in [0.1, 0.15) is 10.5 Å². The van der Waals surface area contributed by atoms with Crippen LogP contribution in [-0.4, -0.2) is 34.9 Å². The van der Waals surface area contributed by atoms with Crippen molar-refractivity contribution in [1.82, 2.24) is 14.9 Å². The van der Waals surface area contributed by atoms with Crippen LogP contribution in [-0.2, 0) is 0 Å². The lowest BCUT2D eigenvalue weighted by atomic mass is 10.2. The highest BCUT2D eigenvalue weighted by Crippen LogP contribution is 2.53. The molecule has 0 aliphatic carbocycles. The number of rotatable bonds is 1. The summed E-state index contributed by atoms with van der Waals surface area (Å²) in [5.41, 5.74) is 2.33. The van der Waals surface area contributed by atoms with E-state index in [0.29, 0.717) is 5.69 Å². The van der Waals surface area contributed by atoms with E-state index in [1.807, 2.05) is 42.6 Å². The Bertz CT molecular complexity index is 1240. The molecule has 6 heteroatoms. The molecule has 5 rings (SSSR count). The standard InChI is InChI=1S/C21H15N3OS2/c1-24(2)21(25)17-20-19(13-8-4-6-10-15(13)23-17)27-18-12-7-3-5-9-14(12)22-11-16(18)26-20/h3-11H,1-2H3. The third-order valence-corrected chi connectivity index (χ3v) is 7.18. The summed E-state index contributed by atoms with van der Waals surface area (Å²) < 4.78 is 0. The molecular formula is C21H15N3OS2. The smallest absolute Gasteiger partial charge is 0.273 e. The number of amides is 1. The molecule has 0 saturated heterocycles. The van der Waals surface area contributed by atoms with Crippen molar-refractivity contribution in [2.24, 2.45) is 0 Å².